The van der Waals surface area contributed by atoms with E-state index in [-0.39, 0.29) is 23.6 Å². The average Bonchev–Trinajstić information content (AvgIpc) is 2.92. The highest BCUT2D eigenvalue weighted by Gasteiger charge is 2.22. The fourth-order valence-corrected chi connectivity index (χ4v) is 2.50. The normalized spacial score (nSPS) is 11.6. The van der Waals surface area contributed by atoms with Crippen LogP contribution in [0.25, 0.3) is 0 Å². The summed E-state index contributed by atoms with van der Waals surface area (Å²) in [6.45, 7) is 8.72. The SMILES string of the molecule is Cc1nc(C(C)(C)C)oc1CCCNC(=O)CCc1ccccc1F. The number of nitrogens with zero attached hydrogens (tertiary/aromatic N) is 1. The van der Waals surface area contributed by atoms with Gasteiger partial charge in [-0.15, -0.1) is 0 Å². The van der Waals surface area contributed by atoms with Gasteiger partial charge in [0.1, 0.15) is 11.6 Å². The third-order valence-corrected chi connectivity index (χ3v) is 4.02. The largest absolute Gasteiger partial charge is 0.445 e. The Bertz CT molecular complexity index is 717. The van der Waals surface area contributed by atoms with Gasteiger partial charge in [0.2, 0.25) is 5.91 Å². The van der Waals surface area contributed by atoms with E-state index in [1.807, 2.05) is 6.92 Å². The number of aryl methyl sites for hydroxylation is 3. The number of oxazole rings is 1. The molecule has 0 unspecified atom stereocenters. The Balaban J connectivity index is 1.71. The second-order valence-corrected chi connectivity index (χ2v) is 7.32. The van der Waals surface area contributed by atoms with Crippen LogP contribution in [-0.2, 0) is 23.1 Å². The molecule has 1 aromatic carbocycles. The first-order valence-corrected chi connectivity index (χ1v) is 8.74. The van der Waals surface area contributed by atoms with Crippen molar-refractivity contribution in [3.8, 4) is 0 Å². The van der Waals surface area contributed by atoms with E-state index >= 15 is 0 Å². The molecule has 1 amide bonds. The number of carbonyl (C=O) groups is 1. The van der Waals surface area contributed by atoms with E-state index in [2.05, 4.69) is 31.1 Å². The van der Waals surface area contributed by atoms with E-state index in [0.29, 0.717) is 18.5 Å². The van der Waals surface area contributed by atoms with Crippen molar-refractivity contribution in [1.82, 2.24) is 10.3 Å². The first-order valence-electron chi connectivity index (χ1n) is 8.74. The molecule has 0 fully saturated rings. The molecule has 2 aromatic rings. The fourth-order valence-electron chi connectivity index (χ4n) is 2.50. The third kappa shape index (κ3) is 5.69. The van der Waals surface area contributed by atoms with E-state index < -0.39 is 0 Å². The fraction of sp³-hybridized carbons (Fsp3) is 0.500. The minimum Gasteiger partial charge on any atom is -0.445 e. The molecule has 0 aliphatic rings. The highest BCUT2D eigenvalue weighted by Crippen LogP contribution is 2.24. The number of rotatable bonds is 7. The summed E-state index contributed by atoms with van der Waals surface area (Å²) >= 11 is 0. The Hall–Kier alpha value is -2.17. The minimum absolute atomic E-state index is 0.0621. The predicted molar refractivity (Wildman–Crippen MR) is 96.0 cm³/mol. The zero-order valence-corrected chi connectivity index (χ0v) is 15.5. The highest BCUT2D eigenvalue weighted by molar-refractivity contribution is 5.76. The molecule has 0 saturated carbocycles. The lowest BCUT2D eigenvalue weighted by molar-refractivity contribution is -0.121. The maximum absolute atomic E-state index is 13.5. The summed E-state index contributed by atoms with van der Waals surface area (Å²) in [4.78, 5) is 16.3. The molecule has 0 atom stereocenters. The van der Waals surface area contributed by atoms with Crippen molar-refractivity contribution in [1.29, 1.82) is 0 Å². The van der Waals surface area contributed by atoms with Crippen molar-refractivity contribution in [2.45, 2.75) is 58.8 Å². The molecule has 1 heterocycles. The average molecular weight is 346 g/mol. The standard InChI is InChI=1S/C20H27FN2O2/c1-14-17(25-19(23-14)20(2,3)4)10-7-13-22-18(24)12-11-15-8-5-6-9-16(15)21/h5-6,8-9H,7,10-13H2,1-4H3,(H,22,24). The topological polar surface area (TPSA) is 55.1 Å². The van der Waals surface area contributed by atoms with Gasteiger partial charge in [-0.1, -0.05) is 39.0 Å². The molecule has 25 heavy (non-hydrogen) atoms. The van der Waals surface area contributed by atoms with E-state index in [0.717, 1.165) is 30.2 Å². The van der Waals surface area contributed by atoms with E-state index in [1.54, 1.807) is 18.2 Å². The summed E-state index contributed by atoms with van der Waals surface area (Å²) in [5.74, 6) is 1.30. The van der Waals surface area contributed by atoms with Crippen LogP contribution in [0.5, 0.6) is 0 Å². The van der Waals surface area contributed by atoms with E-state index in [9.17, 15) is 9.18 Å². The smallest absolute Gasteiger partial charge is 0.220 e. The molecule has 1 N–H and O–H groups in total. The molecule has 0 saturated heterocycles. The molecular formula is C20H27FN2O2. The highest BCUT2D eigenvalue weighted by atomic mass is 19.1. The van der Waals surface area contributed by atoms with Gasteiger partial charge in [0, 0.05) is 24.8 Å². The van der Waals surface area contributed by atoms with Crippen LogP contribution in [0.2, 0.25) is 0 Å². The number of amides is 1. The maximum atomic E-state index is 13.5. The Kier molecular flexibility index (Phi) is 6.34. The van der Waals surface area contributed by atoms with Gasteiger partial charge in [-0.3, -0.25) is 4.79 Å². The summed E-state index contributed by atoms with van der Waals surface area (Å²) in [7, 11) is 0. The zero-order valence-electron chi connectivity index (χ0n) is 15.5. The van der Waals surface area contributed by atoms with Crippen molar-refractivity contribution in [2.24, 2.45) is 0 Å². The number of nitrogens with one attached hydrogen (secondary N) is 1. The summed E-state index contributed by atoms with van der Waals surface area (Å²) in [5.41, 5.74) is 1.38. The number of hydrogen-bond acceptors (Lipinski definition) is 3. The van der Waals surface area contributed by atoms with Gasteiger partial charge < -0.3 is 9.73 Å². The lowest BCUT2D eigenvalue weighted by atomic mass is 9.97. The van der Waals surface area contributed by atoms with Gasteiger partial charge in [0.25, 0.3) is 0 Å². The molecule has 1 aromatic heterocycles. The summed E-state index contributed by atoms with van der Waals surface area (Å²) in [6, 6.07) is 6.55. The summed E-state index contributed by atoms with van der Waals surface area (Å²) < 4.78 is 19.3. The molecular weight excluding hydrogens is 319 g/mol. The van der Waals surface area contributed by atoms with Gasteiger partial charge in [-0.05, 0) is 31.4 Å². The first kappa shape index (κ1) is 19.2. The zero-order chi connectivity index (χ0) is 18.4. The monoisotopic (exact) mass is 346 g/mol. The molecule has 5 heteroatoms. The molecule has 0 aliphatic carbocycles. The molecule has 0 bridgehead atoms. The lowest BCUT2D eigenvalue weighted by Crippen LogP contribution is -2.25. The van der Waals surface area contributed by atoms with Crippen molar-refractivity contribution < 1.29 is 13.6 Å². The van der Waals surface area contributed by atoms with Gasteiger partial charge in [0.05, 0.1) is 5.69 Å². The van der Waals surface area contributed by atoms with Crippen LogP contribution < -0.4 is 5.32 Å². The molecule has 0 radical (unpaired) electrons. The second kappa shape index (κ2) is 8.28. The Labute approximate surface area is 148 Å². The van der Waals surface area contributed by atoms with Crippen molar-refractivity contribution in [3.63, 3.8) is 0 Å². The molecule has 0 spiro atoms. The van der Waals surface area contributed by atoms with Gasteiger partial charge in [0.15, 0.2) is 5.89 Å². The number of aromatic nitrogens is 1. The molecule has 0 aliphatic heterocycles. The first-order chi connectivity index (χ1) is 11.8. The second-order valence-electron chi connectivity index (χ2n) is 7.32. The van der Waals surface area contributed by atoms with Gasteiger partial charge in [-0.25, -0.2) is 9.37 Å². The number of hydrogen-bond donors (Lipinski definition) is 1. The van der Waals surface area contributed by atoms with Crippen LogP contribution in [0.15, 0.2) is 28.7 Å². The van der Waals surface area contributed by atoms with E-state index in [4.69, 9.17) is 4.42 Å². The molecule has 136 valence electrons. The van der Waals surface area contributed by atoms with Crippen molar-refractivity contribution >= 4 is 5.91 Å². The quantitative estimate of drug-likeness (QED) is 0.768. The molecule has 4 nitrogen and oxygen atoms in total. The minimum atomic E-state index is -0.259. The Morgan fingerprint density at radius 3 is 2.60 bits per heavy atom. The molecule has 2 rings (SSSR count). The number of carbonyl (C=O) groups excluding carboxylic acids is 1. The number of benzene rings is 1. The van der Waals surface area contributed by atoms with Crippen LogP contribution in [0.4, 0.5) is 4.39 Å². The van der Waals surface area contributed by atoms with Crippen LogP contribution in [-0.4, -0.2) is 17.4 Å². The Morgan fingerprint density at radius 1 is 1.24 bits per heavy atom. The number of halogens is 1. The lowest BCUT2D eigenvalue weighted by Gasteiger charge is -2.12. The van der Waals surface area contributed by atoms with Crippen LogP contribution >= 0.6 is 0 Å². The maximum Gasteiger partial charge on any atom is 0.220 e. The Morgan fingerprint density at radius 2 is 1.96 bits per heavy atom. The van der Waals surface area contributed by atoms with Crippen molar-refractivity contribution in [2.75, 3.05) is 6.54 Å². The van der Waals surface area contributed by atoms with Gasteiger partial charge >= 0.3 is 0 Å². The summed E-state index contributed by atoms with van der Waals surface area (Å²) in [5, 5.41) is 2.88. The third-order valence-electron chi connectivity index (χ3n) is 4.02. The predicted octanol–water partition coefficient (Wildman–Crippen LogP) is 4.10. The summed E-state index contributed by atoms with van der Waals surface area (Å²) in [6.07, 6.45) is 2.22. The van der Waals surface area contributed by atoms with Crippen LogP contribution in [0, 0.1) is 12.7 Å². The van der Waals surface area contributed by atoms with Crippen LogP contribution in [0.3, 0.4) is 0 Å². The van der Waals surface area contributed by atoms with E-state index in [1.165, 1.54) is 6.07 Å². The van der Waals surface area contributed by atoms with Gasteiger partial charge in [-0.2, -0.15) is 0 Å². The van der Waals surface area contributed by atoms with Crippen molar-refractivity contribution in [3.05, 3.63) is 53.0 Å². The van der Waals surface area contributed by atoms with Crippen LogP contribution in [0.1, 0.15) is 56.5 Å².